The summed E-state index contributed by atoms with van der Waals surface area (Å²) < 4.78 is 9.35. The monoisotopic (exact) mass is 550 g/mol. The third-order valence-corrected chi connectivity index (χ3v) is 13.5. The molecule has 1 atom stereocenters. The van der Waals surface area contributed by atoms with Gasteiger partial charge in [0.05, 0.1) is 11.1 Å². The van der Waals surface area contributed by atoms with Gasteiger partial charge in [-0.05, 0) is 58.3 Å². The van der Waals surface area contributed by atoms with Crippen LogP contribution < -0.4 is 15.7 Å². The van der Waals surface area contributed by atoms with Gasteiger partial charge < -0.3 is 13.9 Å². The van der Waals surface area contributed by atoms with Gasteiger partial charge in [0.1, 0.15) is 0 Å². The van der Waals surface area contributed by atoms with Gasteiger partial charge in [-0.25, -0.2) is 0 Å². The molecule has 2 aromatic heterocycles. The highest BCUT2D eigenvalue weighted by atomic mass is 28.4. The second-order valence-corrected chi connectivity index (χ2v) is 16.2. The summed E-state index contributed by atoms with van der Waals surface area (Å²) >= 11 is 0. The van der Waals surface area contributed by atoms with E-state index in [0.717, 1.165) is 29.6 Å². The number of rotatable bonds is 6. The number of aliphatic hydroxyl groups is 1. The standard InChI is InChI=1S/C33H34N2O4Si/c1-33(2,3)40(23-12-6-4-7-13-23,24-14-8-5-9-15-24)39-21-22-17-18-26-25(20-22)28(27-16-10-11-19-35(26)27)29-30(36)32(38)34-31(29)37/h4-16,19,22H,17-18,20-21H2,1-3H3,(H2,34,36,37,38). The number of aromatic nitrogens is 1. The maximum absolute atomic E-state index is 12.8. The Kier molecular flexibility index (Phi) is 6.51. The number of carbonyl (C=O) groups is 2. The van der Waals surface area contributed by atoms with E-state index in [1.54, 1.807) is 0 Å². The number of aliphatic hydroxyl groups excluding tert-OH is 1. The number of imide groups is 1. The molecule has 0 spiro atoms. The van der Waals surface area contributed by atoms with E-state index in [-0.39, 0.29) is 16.5 Å². The molecule has 2 amide bonds. The van der Waals surface area contributed by atoms with Gasteiger partial charge in [-0.3, -0.25) is 14.9 Å². The average Bonchev–Trinajstić information content (AvgIpc) is 3.40. The van der Waals surface area contributed by atoms with Crippen molar-refractivity contribution >= 4 is 41.6 Å². The molecule has 2 aromatic carbocycles. The minimum atomic E-state index is -2.69. The second kappa shape index (κ2) is 9.91. The van der Waals surface area contributed by atoms with Gasteiger partial charge in [0.2, 0.25) is 0 Å². The number of nitrogens with zero attached hydrogens (tertiary/aromatic N) is 1. The van der Waals surface area contributed by atoms with E-state index >= 15 is 0 Å². The largest absolute Gasteiger partial charge is 0.502 e. The maximum atomic E-state index is 12.8. The van der Waals surface area contributed by atoms with Crippen LogP contribution in [0.25, 0.3) is 11.1 Å². The van der Waals surface area contributed by atoms with E-state index in [4.69, 9.17) is 4.43 Å². The number of amides is 2. The Hall–Kier alpha value is -3.94. The lowest BCUT2D eigenvalue weighted by Crippen LogP contribution is -2.67. The summed E-state index contributed by atoms with van der Waals surface area (Å²) in [7, 11) is -2.69. The van der Waals surface area contributed by atoms with Gasteiger partial charge in [0, 0.05) is 24.1 Å². The Morgan fingerprint density at radius 1 is 0.925 bits per heavy atom. The molecule has 3 heterocycles. The van der Waals surface area contributed by atoms with Crippen LogP contribution in [0.4, 0.5) is 0 Å². The van der Waals surface area contributed by atoms with Crippen molar-refractivity contribution in [3.8, 4) is 0 Å². The van der Waals surface area contributed by atoms with Gasteiger partial charge in [0.25, 0.3) is 20.1 Å². The zero-order valence-corrected chi connectivity index (χ0v) is 24.1. The Labute approximate surface area is 235 Å². The summed E-state index contributed by atoms with van der Waals surface area (Å²) in [6.07, 6.45) is 4.45. The smallest absolute Gasteiger partial charge is 0.293 e. The Balaban J connectivity index is 1.40. The normalized spacial score (nSPS) is 17.8. The summed E-state index contributed by atoms with van der Waals surface area (Å²) in [5.41, 5.74) is 3.70. The molecule has 0 bridgehead atoms. The molecule has 6 nitrogen and oxygen atoms in total. The van der Waals surface area contributed by atoms with Crippen molar-refractivity contribution in [2.75, 3.05) is 6.61 Å². The molecule has 2 N–H and O–H groups in total. The molecule has 0 saturated carbocycles. The van der Waals surface area contributed by atoms with Crippen molar-refractivity contribution in [1.29, 1.82) is 0 Å². The van der Waals surface area contributed by atoms with Crippen LogP contribution >= 0.6 is 0 Å². The first-order chi connectivity index (χ1) is 19.2. The van der Waals surface area contributed by atoms with Crippen LogP contribution in [0.3, 0.4) is 0 Å². The van der Waals surface area contributed by atoms with Crippen LogP contribution in [0.2, 0.25) is 5.04 Å². The lowest BCUT2D eigenvalue weighted by Gasteiger charge is -2.44. The van der Waals surface area contributed by atoms with E-state index in [0.29, 0.717) is 18.6 Å². The summed E-state index contributed by atoms with van der Waals surface area (Å²) in [4.78, 5) is 25.0. The van der Waals surface area contributed by atoms with Gasteiger partial charge in [0.15, 0.2) is 5.76 Å². The van der Waals surface area contributed by atoms with Crippen molar-refractivity contribution < 1.29 is 19.1 Å². The molecule has 1 unspecified atom stereocenters. The third kappa shape index (κ3) is 4.12. The molecule has 1 aliphatic carbocycles. The van der Waals surface area contributed by atoms with Crippen LogP contribution in [0.1, 0.15) is 44.0 Å². The number of fused-ring (bicyclic) bond motifs is 3. The van der Waals surface area contributed by atoms with Crippen molar-refractivity contribution in [3.05, 3.63) is 108 Å². The molecule has 204 valence electrons. The minimum absolute atomic E-state index is 0.0727. The molecule has 4 aromatic rings. The van der Waals surface area contributed by atoms with Gasteiger partial charge in [-0.15, -0.1) is 0 Å². The third-order valence-electron chi connectivity index (χ3n) is 8.45. The fraction of sp³-hybridized carbons (Fsp3) is 0.273. The lowest BCUT2D eigenvalue weighted by molar-refractivity contribution is -0.124. The minimum Gasteiger partial charge on any atom is -0.502 e. The van der Waals surface area contributed by atoms with E-state index in [1.165, 1.54) is 10.4 Å². The topological polar surface area (TPSA) is 80.0 Å². The van der Waals surface area contributed by atoms with Crippen LogP contribution in [0.15, 0.2) is 90.8 Å². The average molecular weight is 551 g/mol. The van der Waals surface area contributed by atoms with E-state index < -0.39 is 25.9 Å². The fourth-order valence-corrected chi connectivity index (χ4v) is 11.3. The number of hydrogen-bond acceptors (Lipinski definition) is 4. The molecular formula is C33H34N2O4Si. The summed E-state index contributed by atoms with van der Waals surface area (Å²) in [5, 5.41) is 15.2. The molecular weight excluding hydrogens is 516 g/mol. The van der Waals surface area contributed by atoms with E-state index in [2.05, 4.69) is 79.0 Å². The number of hydrogen-bond donors (Lipinski definition) is 2. The van der Waals surface area contributed by atoms with Gasteiger partial charge >= 0.3 is 0 Å². The number of aryl methyl sites for hydroxylation is 1. The first-order valence-electron chi connectivity index (χ1n) is 13.9. The number of nitrogens with one attached hydrogen (secondary N) is 1. The van der Waals surface area contributed by atoms with Crippen LogP contribution in [-0.4, -0.2) is 36.2 Å². The van der Waals surface area contributed by atoms with E-state index in [9.17, 15) is 14.7 Å². The fourth-order valence-electron chi connectivity index (χ4n) is 6.65. The van der Waals surface area contributed by atoms with Gasteiger partial charge in [-0.2, -0.15) is 0 Å². The lowest BCUT2D eigenvalue weighted by atomic mass is 9.84. The summed E-state index contributed by atoms with van der Waals surface area (Å²) in [6.45, 7) is 7.42. The molecule has 0 saturated heterocycles. The van der Waals surface area contributed by atoms with Crippen LogP contribution in [0, 0.1) is 5.92 Å². The predicted octanol–water partition coefficient (Wildman–Crippen LogP) is 4.55. The molecule has 40 heavy (non-hydrogen) atoms. The summed E-state index contributed by atoms with van der Waals surface area (Å²) in [6, 6.07) is 27.1. The van der Waals surface area contributed by atoms with E-state index in [1.807, 2.05) is 36.5 Å². The molecule has 0 radical (unpaired) electrons. The SMILES string of the molecule is CC(C)(C)[Si](OCC1CCc2c(c(C3=C(O)C(=O)NC3=O)c3ccccn23)C1)(c1ccccc1)c1ccccc1. The molecule has 7 heteroatoms. The van der Waals surface area contributed by atoms with Crippen molar-refractivity contribution in [2.24, 2.45) is 5.92 Å². The molecule has 6 rings (SSSR count). The Bertz CT molecular complexity index is 1590. The zero-order valence-electron chi connectivity index (χ0n) is 23.1. The summed E-state index contributed by atoms with van der Waals surface area (Å²) in [5.74, 6) is -1.58. The number of benzene rings is 2. The maximum Gasteiger partial charge on any atom is 0.293 e. The Morgan fingerprint density at radius 3 is 2.12 bits per heavy atom. The highest BCUT2D eigenvalue weighted by Crippen LogP contribution is 2.41. The zero-order chi connectivity index (χ0) is 28.1. The highest BCUT2D eigenvalue weighted by Gasteiger charge is 2.50. The van der Waals surface area contributed by atoms with Crippen molar-refractivity contribution in [1.82, 2.24) is 9.72 Å². The Morgan fingerprint density at radius 2 is 1.55 bits per heavy atom. The molecule has 2 aliphatic rings. The number of pyridine rings is 1. The van der Waals surface area contributed by atoms with Crippen molar-refractivity contribution in [3.63, 3.8) is 0 Å². The van der Waals surface area contributed by atoms with Crippen LogP contribution in [0.5, 0.6) is 0 Å². The molecule has 1 aliphatic heterocycles. The van der Waals surface area contributed by atoms with Crippen LogP contribution in [-0.2, 0) is 26.9 Å². The van der Waals surface area contributed by atoms with Gasteiger partial charge in [-0.1, -0.05) is 87.5 Å². The quantitative estimate of drug-likeness (QED) is 0.273. The first-order valence-corrected chi connectivity index (χ1v) is 15.8. The molecule has 0 fully saturated rings. The van der Waals surface area contributed by atoms with Crippen molar-refractivity contribution in [2.45, 2.75) is 45.1 Å². The second-order valence-electron chi connectivity index (χ2n) is 11.8. The number of carbonyl (C=O) groups excluding carboxylic acids is 2. The first kappa shape index (κ1) is 26.3. The highest BCUT2D eigenvalue weighted by molar-refractivity contribution is 6.99. The predicted molar refractivity (Wildman–Crippen MR) is 159 cm³/mol.